The lowest BCUT2D eigenvalue weighted by Crippen LogP contribution is -2.38. The highest BCUT2D eigenvalue weighted by Gasteiger charge is 2.29. The van der Waals surface area contributed by atoms with Crippen molar-refractivity contribution in [2.75, 3.05) is 19.8 Å². The lowest BCUT2D eigenvalue weighted by Gasteiger charge is -2.28. The highest BCUT2D eigenvalue weighted by molar-refractivity contribution is 5.76. The molecule has 0 radical (unpaired) electrons. The van der Waals surface area contributed by atoms with Crippen LogP contribution in [0.3, 0.4) is 0 Å². The Morgan fingerprint density at radius 2 is 1.59 bits per heavy atom. The van der Waals surface area contributed by atoms with Gasteiger partial charge in [0.05, 0.1) is 19.8 Å². The lowest BCUT2D eigenvalue weighted by atomic mass is 10.0. The Balaban J connectivity index is 1.48. The van der Waals surface area contributed by atoms with Gasteiger partial charge in [0.15, 0.2) is 6.29 Å². The van der Waals surface area contributed by atoms with Gasteiger partial charge in [-0.05, 0) is 49.1 Å². The van der Waals surface area contributed by atoms with Crippen LogP contribution in [0.4, 0.5) is 4.39 Å². The fraction of sp³-hybridized carbons (Fsp3) is 0.536. The van der Waals surface area contributed by atoms with E-state index in [-0.39, 0.29) is 25.3 Å². The summed E-state index contributed by atoms with van der Waals surface area (Å²) in [6, 6.07) is 11.8. The first-order chi connectivity index (χ1) is 16.6. The van der Waals surface area contributed by atoms with E-state index in [1.54, 1.807) is 12.1 Å². The molecule has 0 saturated carbocycles. The van der Waals surface area contributed by atoms with E-state index in [1.165, 1.54) is 18.9 Å². The number of benzene rings is 2. The molecule has 34 heavy (non-hydrogen) atoms. The SMILES string of the molecule is CCCCCCOc1ccc(-c2ccc(OC(=O)C3COC(CCCCC)OC3)cc2F)cc1. The van der Waals surface area contributed by atoms with Crippen molar-refractivity contribution in [3.8, 4) is 22.6 Å². The zero-order chi connectivity index (χ0) is 24.2. The number of carbonyl (C=O) groups excluding carboxylic acids is 1. The Kier molecular flexibility index (Phi) is 10.8. The minimum Gasteiger partial charge on any atom is -0.494 e. The van der Waals surface area contributed by atoms with E-state index in [0.717, 1.165) is 49.8 Å². The summed E-state index contributed by atoms with van der Waals surface area (Å²) in [7, 11) is 0. The molecule has 1 aliphatic heterocycles. The van der Waals surface area contributed by atoms with E-state index in [1.807, 2.05) is 24.3 Å². The smallest absolute Gasteiger partial charge is 0.319 e. The van der Waals surface area contributed by atoms with Crippen LogP contribution in [0, 0.1) is 11.7 Å². The average molecular weight is 473 g/mol. The molecule has 0 N–H and O–H groups in total. The zero-order valence-corrected chi connectivity index (χ0v) is 20.4. The number of ether oxygens (including phenoxy) is 4. The molecule has 1 aliphatic rings. The van der Waals surface area contributed by atoms with Gasteiger partial charge in [0.25, 0.3) is 0 Å². The van der Waals surface area contributed by atoms with Crippen LogP contribution in [0.15, 0.2) is 42.5 Å². The van der Waals surface area contributed by atoms with E-state index in [0.29, 0.717) is 12.2 Å². The van der Waals surface area contributed by atoms with Crippen molar-refractivity contribution in [2.45, 2.75) is 71.5 Å². The number of hydrogen-bond acceptors (Lipinski definition) is 5. The molecule has 0 aliphatic carbocycles. The third-order valence-electron chi connectivity index (χ3n) is 5.93. The summed E-state index contributed by atoms with van der Waals surface area (Å²) < 4.78 is 37.2. The molecule has 0 bridgehead atoms. The molecule has 186 valence electrons. The maximum atomic E-state index is 14.8. The standard InChI is InChI=1S/C28H37FO5/c1-3-5-7-9-17-31-23-13-11-21(12-14-23)25-16-15-24(18-26(25)29)34-28(30)22-19-32-27(33-20-22)10-8-6-4-2/h11-16,18,22,27H,3-10,17,19-20H2,1-2H3. The van der Waals surface area contributed by atoms with Crippen molar-refractivity contribution in [2.24, 2.45) is 5.92 Å². The number of hydrogen-bond donors (Lipinski definition) is 0. The van der Waals surface area contributed by atoms with Crippen LogP contribution >= 0.6 is 0 Å². The second kappa shape index (κ2) is 14.1. The fourth-order valence-electron chi connectivity index (χ4n) is 3.85. The third kappa shape index (κ3) is 8.10. The summed E-state index contributed by atoms with van der Waals surface area (Å²) in [6.07, 6.45) is 8.48. The van der Waals surface area contributed by atoms with Gasteiger partial charge in [-0.15, -0.1) is 0 Å². The van der Waals surface area contributed by atoms with Gasteiger partial charge in [-0.3, -0.25) is 4.79 Å². The molecule has 1 saturated heterocycles. The number of unbranched alkanes of at least 4 members (excludes halogenated alkanes) is 5. The molecule has 0 unspecified atom stereocenters. The Morgan fingerprint density at radius 1 is 0.912 bits per heavy atom. The molecule has 0 amide bonds. The fourth-order valence-corrected chi connectivity index (χ4v) is 3.85. The summed E-state index contributed by atoms with van der Waals surface area (Å²) >= 11 is 0. The second-order valence-electron chi connectivity index (χ2n) is 8.79. The molecule has 2 aromatic carbocycles. The van der Waals surface area contributed by atoms with Crippen molar-refractivity contribution in [1.82, 2.24) is 0 Å². The maximum absolute atomic E-state index is 14.8. The Morgan fingerprint density at radius 3 is 2.26 bits per heavy atom. The largest absolute Gasteiger partial charge is 0.494 e. The molecule has 2 aromatic rings. The summed E-state index contributed by atoms with van der Waals surface area (Å²) in [5, 5.41) is 0. The molecule has 0 aromatic heterocycles. The van der Waals surface area contributed by atoms with Gasteiger partial charge in [-0.25, -0.2) is 4.39 Å². The maximum Gasteiger partial charge on any atom is 0.319 e. The summed E-state index contributed by atoms with van der Waals surface area (Å²) in [5.41, 5.74) is 1.17. The minimum absolute atomic E-state index is 0.170. The lowest BCUT2D eigenvalue weighted by molar-refractivity contribution is -0.208. The van der Waals surface area contributed by atoms with E-state index < -0.39 is 17.7 Å². The van der Waals surface area contributed by atoms with Crippen LogP contribution in [0.2, 0.25) is 0 Å². The highest BCUT2D eigenvalue weighted by Crippen LogP contribution is 2.28. The first-order valence-corrected chi connectivity index (χ1v) is 12.6. The number of rotatable bonds is 13. The van der Waals surface area contributed by atoms with Crippen molar-refractivity contribution in [3.63, 3.8) is 0 Å². The van der Waals surface area contributed by atoms with E-state index in [2.05, 4.69) is 13.8 Å². The van der Waals surface area contributed by atoms with Gasteiger partial charge in [-0.2, -0.15) is 0 Å². The first-order valence-electron chi connectivity index (χ1n) is 12.6. The first kappa shape index (κ1) is 26.2. The Hall–Kier alpha value is -2.44. The van der Waals surface area contributed by atoms with Crippen LogP contribution in [0.5, 0.6) is 11.5 Å². The minimum atomic E-state index is -0.514. The van der Waals surface area contributed by atoms with E-state index in [4.69, 9.17) is 18.9 Å². The van der Waals surface area contributed by atoms with Gasteiger partial charge in [-0.1, -0.05) is 58.1 Å². The normalized spacial score (nSPS) is 18.0. The van der Waals surface area contributed by atoms with E-state index in [9.17, 15) is 9.18 Å². The number of esters is 1. The molecule has 0 atom stereocenters. The molecule has 1 fully saturated rings. The van der Waals surface area contributed by atoms with Gasteiger partial charge in [0, 0.05) is 11.6 Å². The predicted octanol–water partition coefficient (Wildman–Crippen LogP) is 6.93. The number of carbonyl (C=O) groups is 1. The summed E-state index contributed by atoms with van der Waals surface area (Å²) in [6.45, 7) is 5.52. The van der Waals surface area contributed by atoms with Crippen molar-refractivity contribution >= 4 is 5.97 Å². The second-order valence-corrected chi connectivity index (χ2v) is 8.79. The Labute approximate surface area is 202 Å². The molecular weight excluding hydrogens is 435 g/mol. The molecule has 0 spiro atoms. The quantitative estimate of drug-likeness (QED) is 0.180. The monoisotopic (exact) mass is 472 g/mol. The number of halogens is 1. The van der Waals surface area contributed by atoms with Gasteiger partial charge < -0.3 is 18.9 Å². The Bertz CT molecular complexity index is 875. The summed E-state index contributed by atoms with van der Waals surface area (Å²) in [5.74, 6) is -0.496. The molecule has 1 heterocycles. The molecule has 5 nitrogen and oxygen atoms in total. The van der Waals surface area contributed by atoms with Crippen LogP contribution in [0.1, 0.15) is 65.2 Å². The molecule has 3 rings (SSSR count). The summed E-state index contributed by atoms with van der Waals surface area (Å²) in [4.78, 5) is 12.5. The van der Waals surface area contributed by atoms with Crippen LogP contribution < -0.4 is 9.47 Å². The van der Waals surface area contributed by atoms with Crippen molar-refractivity contribution in [1.29, 1.82) is 0 Å². The van der Waals surface area contributed by atoms with Gasteiger partial charge in [0.2, 0.25) is 0 Å². The van der Waals surface area contributed by atoms with Crippen LogP contribution in [-0.4, -0.2) is 32.1 Å². The zero-order valence-electron chi connectivity index (χ0n) is 20.4. The molecule has 6 heteroatoms. The van der Waals surface area contributed by atoms with Crippen LogP contribution in [-0.2, 0) is 14.3 Å². The molecular formula is C28H37FO5. The topological polar surface area (TPSA) is 54.0 Å². The van der Waals surface area contributed by atoms with Gasteiger partial charge >= 0.3 is 5.97 Å². The van der Waals surface area contributed by atoms with Crippen molar-refractivity contribution < 1.29 is 28.1 Å². The third-order valence-corrected chi connectivity index (χ3v) is 5.93. The van der Waals surface area contributed by atoms with Crippen molar-refractivity contribution in [3.05, 3.63) is 48.3 Å². The predicted molar refractivity (Wildman–Crippen MR) is 130 cm³/mol. The van der Waals surface area contributed by atoms with Crippen LogP contribution in [0.25, 0.3) is 11.1 Å². The van der Waals surface area contributed by atoms with E-state index >= 15 is 0 Å². The van der Waals surface area contributed by atoms with Gasteiger partial charge in [0.1, 0.15) is 23.2 Å². The average Bonchev–Trinajstić information content (AvgIpc) is 2.85. The highest BCUT2D eigenvalue weighted by atomic mass is 19.1.